The zero-order chi connectivity index (χ0) is 29.3. The third-order valence-electron chi connectivity index (χ3n) is 6.98. The van der Waals surface area contributed by atoms with Crippen LogP contribution >= 0.6 is 0 Å². The minimum absolute atomic E-state index is 0.199. The first-order valence-electron chi connectivity index (χ1n) is 12.0. The number of benzene rings is 3. The minimum atomic E-state index is -0.234. The second-order valence-electron chi connectivity index (χ2n) is 9.09. The molecule has 0 N–H and O–H groups in total. The van der Waals surface area contributed by atoms with Crippen molar-refractivity contribution >= 4 is 33.6 Å². The van der Waals surface area contributed by atoms with Gasteiger partial charge in [0.05, 0.1) is 49.1 Å². The smallest absolute Gasteiger partial charge is 0.237 e. The van der Waals surface area contributed by atoms with Crippen molar-refractivity contribution in [3.63, 3.8) is 0 Å². The Hall–Kier alpha value is -6.95. The minimum Gasteiger partial charge on any atom is -0.237 e. The van der Waals surface area contributed by atoms with Crippen LogP contribution in [0.5, 0.6) is 0 Å². The third-order valence-corrected chi connectivity index (χ3v) is 6.98. The van der Waals surface area contributed by atoms with E-state index in [0.717, 1.165) is 5.56 Å². The average molecular weight is 520 g/mol. The molecule has 0 aliphatic heterocycles. The van der Waals surface area contributed by atoms with E-state index < -0.39 is 0 Å². The van der Waals surface area contributed by atoms with Gasteiger partial charge in [-0.1, -0.05) is 48.0 Å². The molecule has 0 fully saturated rings. The van der Waals surface area contributed by atoms with Crippen molar-refractivity contribution in [2.75, 3.05) is 0 Å². The quantitative estimate of drug-likeness (QED) is 0.259. The Bertz CT molecular complexity index is 2100. The standard InChI is InChI=1S/C34H13N7/c1-19-5-9-22(10-6-19)31-33(29(18-38)40-3)25-14-24-23(13-26(25)34(31)41-4)27(16-36)30(32(24)28(17-37)39-2)21-11-7-20(15-35)8-12-21/h5-14H,1H3/b32-28+,33-29-. The van der Waals surface area contributed by atoms with E-state index in [1.54, 1.807) is 36.4 Å². The Morgan fingerprint density at radius 2 is 1.15 bits per heavy atom. The second-order valence-corrected chi connectivity index (χ2v) is 9.09. The summed E-state index contributed by atoms with van der Waals surface area (Å²) in [7, 11) is 0. The molecular formula is C34H13N7. The van der Waals surface area contributed by atoms with E-state index in [9.17, 15) is 21.0 Å². The van der Waals surface area contributed by atoms with Crippen LogP contribution in [0.2, 0.25) is 0 Å². The Balaban J connectivity index is 1.92. The van der Waals surface area contributed by atoms with E-state index in [1.165, 1.54) is 0 Å². The van der Waals surface area contributed by atoms with Gasteiger partial charge >= 0.3 is 0 Å². The highest BCUT2D eigenvalue weighted by molar-refractivity contribution is 6.29. The van der Waals surface area contributed by atoms with Gasteiger partial charge in [-0.3, -0.25) is 0 Å². The molecule has 0 saturated heterocycles. The van der Waals surface area contributed by atoms with Crippen LogP contribution in [0.1, 0.15) is 44.5 Å². The molecule has 0 unspecified atom stereocenters. The summed E-state index contributed by atoms with van der Waals surface area (Å²) in [6, 6.07) is 25.4. The summed E-state index contributed by atoms with van der Waals surface area (Å²) >= 11 is 0. The number of nitriles is 4. The van der Waals surface area contributed by atoms with Crippen LogP contribution in [0.4, 0.5) is 0 Å². The third kappa shape index (κ3) is 3.84. The van der Waals surface area contributed by atoms with Gasteiger partial charge in [0, 0.05) is 5.57 Å². The van der Waals surface area contributed by atoms with E-state index >= 15 is 0 Å². The molecule has 0 radical (unpaired) electrons. The molecule has 0 amide bonds. The molecule has 0 saturated carbocycles. The Labute approximate surface area is 236 Å². The molecule has 0 atom stereocenters. The molecule has 7 nitrogen and oxygen atoms in total. The maximum atomic E-state index is 10.3. The molecule has 5 rings (SSSR count). The zero-order valence-electron chi connectivity index (χ0n) is 21.4. The van der Waals surface area contributed by atoms with Crippen LogP contribution < -0.4 is 0 Å². The number of fused-ring (bicyclic) bond motifs is 2. The maximum absolute atomic E-state index is 10.3. The molecular weight excluding hydrogens is 506 g/mol. The normalized spacial score (nSPS) is 15.2. The fraction of sp³-hybridized carbons (Fsp3) is 0.0294. The Morgan fingerprint density at radius 1 is 0.634 bits per heavy atom. The molecule has 0 bridgehead atoms. The van der Waals surface area contributed by atoms with Gasteiger partial charge in [-0.05, 0) is 75.2 Å². The number of allylic oxidation sites excluding steroid dienone is 7. The topological polar surface area (TPSA) is 108 Å². The average Bonchev–Trinajstić information content (AvgIpc) is 3.50. The SMILES string of the molecule is [C-]#[N+]C1=C(c2ccc(C)cc2)/C(=C(/C#N)[N+]#[C-])c2cc3c(cc21)C(C#N)=C(c1ccc(C#N)cc1)/C3=C(\C#N)[N+]#[C-]. The first kappa shape index (κ1) is 25.7. The van der Waals surface area contributed by atoms with Crippen molar-refractivity contribution in [1.29, 1.82) is 21.0 Å². The summed E-state index contributed by atoms with van der Waals surface area (Å²) in [6.45, 7) is 25.4. The van der Waals surface area contributed by atoms with Gasteiger partial charge in [-0.25, -0.2) is 25.1 Å². The van der Waals surface area contributed by atoms with Gasteiger partial charge in [-0.15, -0.1) is 0 Å². The number of aryl methyl sites for hydroxylation is 1. The summed E-state index contributed by atoms with van der Waals surface area (Å²) < 4.78 is 0. The van der Waals surface area contributed by atoms with Crippen molar-refractivity contribution in [2.24, 2.45) is 0 Å². The van der Waals surface area contributed by atoms with Crippen LogP contribution in [0.3, 0.4) is 0 Å². The van der Waals surface area contributed by atoms with Crippen LogP contribution in [-0.4, -0.2) is 0 Å². The van der Waals surface area contributed by atoms with Gasteiger partial charge in [0.15, 0.2) is 0 Å². The van der Waals surface area contributed by atoms with Crippen molar-refractivity contribution < 1.29 is 0 Å². The van der Waals surface area contributed by atoms with E-state index in [1.807, 2.05) is 49.4 Å². The molecule has 0 aromatic heterocycles. The summed E-state index contributed by atoms with van der Waals surface area (Å²) in [6.07, 6.45) is 0. The fourth-order valence-corrected chi connectivity index (χ4v) is 5.20. The fourth-order valence-electron chi connectivity index (χ4n) is 5.20. The van der Waals surface area contributed by atoms with Gasteiger partial charge < -0.3 is 0 Å². The molecule has 7 heteroatoms. The summed E-state index contributed by atoms with van der Waals surface area (Å²) in [5.74, 6) is 0. The predicted molar refractivity (Wildman–Crippen MR) is 153 cm³/mol. The molecule has 184 valence electrons. The lowest BCUT2D eigenvalue weighted by molar-refractivity contribution is 1.45. The lowest BCUT2D eigenvalue weighted by Gasteiger charge is -2.13. The lowest BCUT2D eigenvalue weighted by atomic mass is 9.91. The van der Waals surface area contributed by atoms with Crippen LogP contribution in [-0.2, 0) is 0 Å². The highest BCUT2D eigenvalue weighted by Crippen LogP contribution is 2.54. The first-order chi connectivity index (χ1) is 20.0. The molecule has 41 heavy (non-hydrogen) atoms. The highest BCUT2D eigenvalue weighted by atomic mass is 14.7. The molecule has 0 heterocycles. The van der Waals surface area contributed by atoms with E-state index in [4.69, 9.17) is 19.7 Å². The summed E-state index contributed by atoms with van der Waals surface area (Å²) in [5.41, 5.74) is 5.72. The van der Waals surface area contributed by atoms with Crippen LogP contribution in [0.25, 0.3) is 48.1 Å². The molecule has 3 aromatic rings. The van der Waals surface area contributed by atoms with Gasteiger partial charge in [0.2, 0.25) is 5.70 Å². The molecule has 2 aliphatic rings. The number of rotatable bonds is 2. The summed E-state index contributed by atoms with van der Waals surface area (Å²) in [5, 5.41) is 39.4. The van der Waals surface area contributed by atoms with Crippen molar-refractivity contribution in [3.05, 3.63) is 151 Å². The molecule has 3 aromatic carbocycles. The van der Waals surface area contributed by atoms with Gasteiger partial charge in [0.1, 0.15) is 6.07 Å². The van der Waals surface area contributed by atoms with E-state index in [0.29, 0.717) is 55.7 Å². The lowest BCUT2D eigenvalue weighted by Crippen LogP contribution is -1.95. The molecule has 0 spiro atoms. The number of hydrogen-bond donors (Lipinski definition) is 0. The van der Waals surface area contributed by atoms with Crippen molar-refractivity contribution in [1.82, 2.24) is 0 Å². The zero-order valence-corrected chi connectivity index (χ0v) is 21.4. The first-order valence-corrected chi connectivity index (χ1v) is 12.0. The van der Waals surface area contributed by atoms with Crippen molar-refractivity contribution in [2.45, 2.75) is 6.92 Å². The van der Waals surface area contributed by atoms with Crippen LogP contribution in [0.15, 0.2) is 72.1 Å². The largest absolute Gasteiger partial charge is 0.270 e. The van der Waals surface area contributed by atoms with Gasteiger partial charge in [-0.2, -0.15) is 10.5 Å². The van der Waals surface area contributed by atoms with Crippen molar-refractivity contribution in [3.8, 4) is 24.3 Å². The second kappa shape index (κ2) is 10.1. The van der Waals surface area contributed by atoms with Gasteiger partial charge in [0.25, 0.3) is 11.4 Å². The van der Waals surface area contributed by atoms with E-state index in [2.05, 4.69) is 20.6 Å². The van der Waals surface area contributed by atoms with E-state index in [-0.39, 0.29) is 28.2 Å². The number of hydrogen-bond acceptors (Lipinski definition) is 4. The Kier molecular flexibility index (Phi) is 6.31. The van der Waals surface area contributed by atoms with Crippen LogP contribution in [0, 0.1) is 72.0 Å². The number of nitrogens with zero attached hydrogens (tertiary/aromatic N) is 7. The predicted octanol–water partition coefficient (Wildman–Crippen LogP) is 7.42. The maximum Gasteiger partial charge on any atom is 0.270 e. The highest BCUT2D eigenvalue weighted by Gasteiger charge is 2.36. The Morgan fingerprint density at radius 3 is 1.66 bits per heavy atom. The summed E-state index contributed by atoms with van der Waals surface area (Å²) in [4.78, 5) is 10.7. The monoisotopic (exact) mass is 519 g/mol. The molecule has 2 aliphatic carbocycles.